The number of nitrogens with zero attached hydrogens (tertiary/aromatic N) is 1. The van der Waals surface area contributed by atoms with Gasteiger partial charge < -0.3 is 5.73 Å². The number of nitrogens with two attached hydrogens (primary N) is 1. The predicted molar refractivity (Wildman–Crippen MR) is 60.6 cm³/mol. The molecule has 0 radical (unpaired) electrons. The van der Waals surface area contributed by atoms with Crippen molar-refractivity contribution in [2.75, 3.05) is 19.6 Å². The van der Waals surface area contributed by atoms with Crippen LogP contribution in [-0.2, 0) is 10.2 Å². The van der Waals surface area contributed by atoms with Crippen LogP contribution in [0.4, 0.5) is 0 Å². The maximum atomic E-state index is 11.8. The zero-order valence-corrected chi connectivity index (χ0v) is 10.1. The summed E-state index contributed by atoms with van der Waals surface area (Å²) in [5.41, 5.74) is 5.50. The molecule has 90 valence electrons. The lowest BCUT2D eigenvalue weighted by atomic mass is 10.0. The molecule has 0 spiro atoms. The quantitative estimate of drug-likeness (QED) is 0.706. The first-order valence-electron chi connectivity index (χ1n) is 5.58. The summed E-state index contributed by atoms with van der Waals surface area (Å²) >= 11 is 0. The minimum absolute atomic E-state index is 0.0906. The van der Waals surface area contributed by atoms with Crippen LogP contribution in [0, 0.1) is 0 Å². The molecule has 1 aliphatic rings. The Morgan fingerprint density at radius 1 is 1.47 bits per heavy atom. The third-order valence-corrected chi connectivity index (χ3v) is 4.46. The van der Waals surface area contributed by atoms with Gasteiger partial charge in [-0.15, -0.1) is 0 Å². The van der Waals surface area contributed by atoms with Crippen molar-refractivity contribution in [3.63, 3.8) is 0 Å². The number of rotatable bonds is 5. The second-order valence-corrected chi connectivity index (χ2v) is 5.55. The smallest absolute Gasteiger partial charge is 0.279 e. The van der Waals surface area contributed by atoms with Crippen molar-refractivity contribution >= 4 is 10.2 Å². The zero-order valence-electron chi connectivity index (χ0n) is 9.28. The van der Waals surface area contributed by atoms with E-state index in [1.165, 1.54) is 0 Å². The Morgan fingerprint density at radius 2 is 2.20 bits per heavy atom. The van der Waals surface area contributed by atoms with Gasteiger partial charge in [0.05, 0.1) is 0 Å². The summed E-state index contributed by atoms with van der Waals surface area (Å²) in [6.07, 6.45) is 3.74. The summed E-state index contributed by atoms with van der Waals surface area (Å²) in [5, 5.41) is 0. The standard InChI is InChI=1S/C9H21N3O2S/c1-2-11-15(13,14)12-8-4-3-5-9(12)6-7-10/h9,11H,2-8,10H2,1H3. The first-order valence-corrected chi connectivity index (χ1v) is 7.02. The normalized spacial score (nSPS) is 24.3. The van der Waals surface area contributed by atoms with Crippen molar-refractivity contribution < 1.29 is 8.42 Å². The Balaban J connectivity index is 2.70. The van der Waals surface area contributed by atoms with E-state index in [0.717, 1.165) is 25.7 Å². The lowest BCUT2D eigenvalue weighted by molar-refractivity contribution is 0.240. The van der Waals surface area contributed by atoms with Crippen molar-refractivity contribution in [2.45, 2.75) is 38.6 Å². The van der Waals surface area contributed by atoms with Gasteiger partial charge in [-0.05, 0) is 25.8 Å². The molecular weight excluding hydrogens is 214 g/mol. The van der Waals surface area contributed by atoms with Crippen molar-refractivity contribution in [3.05, 3.63) is 0 Å². The molecule has 15 heavy (non-hydrogen) atoms. The first kappa shape index (κ1) is 12.9. The average Bonchev–Trinajstić information content (AvgIpc) is 2.19. The first-order chi connectivity index (χ1) is 7.11. The fraction of sp³-hybridized carbons (Fsp3) is 1.00. The molecule has 1 saturated heterocycles. The van der Waals surface area contributed by atoms with Gasteiger partial charge in [0.1, 0.15) is 0 Å². The predicted octanol–water partition coefficient (Wildman–Crippen LogP) is 0.0440. The molecule has 1 aliphatic heterocycles. The van der Waals surface area contributed by atoms with E-state index in [0.29, 0.717) is 19.6 Å². The molecule has 0 aromatic carbocycles. The van der Waals surface area contributed by atoms with Gasteiger partial charge in [-0.1, -0.05) is 13.3 Å². The molecule has 0 amide bonds. The van der Waals surface area contributed by atoms with E-state index in [1.54, 1.807) is 11.2 Å². The Labute approximate surface area is 92.2 Å². The molecule has 1 atom stereocenters. The van der Waals surface area contributed by atoms with Crippen LogP contribution in [0.2, 0.25) is 0 Å². The molecule has 1 heterocycles. The van der Waals surface area contributed by atoms with E-state index < -0.39 is 10.2 Å². The Hall–Kier alpha value is -0.170. The number of hydrogen-bond acceptors (Lipinski definition) is 3. The lowest BCUT2D eigenvalue weighted by Crippen LogP contribution is -2.49. The van der Waals surface area contributed by atoms with Crippen LogP contribution < -0.4 is 10.5 Å². The molecule has 1 fully saturated rings. The highest BCUT2D eigenvalue weighted by Gasteiger charge is 2.30. The summed E-state index contributed by atoms with van der Waals surface area (Å²) in [7, 11) is -3.28. The van der Waals surface area contributed by atoms with Crippen LogP contribution in [0.1, 0.15) is 32.6 Å². The van der Waals surface area contributed by atoms with E-state index in [2.05, 4.69) is 4.72 Å². The zero-order chi connectivity index (χ0) is 11.3. The number of nitrogens with one attached hydrogen (secondary N) is 1. The van der Waals surface area contributed by atoms with Gasteiger partial charge in [0.2, 0.25) is 0 Å². The van der Waals surface area contributed by atoms with Gasteiger partial charge in [-0.3, -0.25) is 0 Å². The number of hydrogen-bond donors (Lipinski definition) is 2. The average molecular weight is 235 g/mol. The summed E-state index contributed by atoms with van der Waals surface area (Å²) in [5.74, 6) is 0. The highest BCUT2D eigenvalue weighted by molar-refractivity contribution is 7.87. The minimum atomic E-state index is -3.28. The molecule has 0 saturated carbocycles. The van der Waals surface area contributed by atoms with Crippen LogP contribution in [0.15, 0.2) is 0 Å². The fourth-order valence-electron chi connectivity index (χ4n) is 2.04. The topological polar surface area (TPSA) is 75.4 Å². The van der Waals surface area contributed by atoms with E-state index in [-0.39, 0.29) is 6.04 Å². The van der Waals surface area contributed by atoms with Gasteiger partial charge in [-0.2, -0.15) is 12.7 Å². The van der Waals surface area contributed by atoms with E-state index >= 15 is 0 Å². The lowest BCUT2D eigenvalue weighted by Gasteiger charge is -2.34. The van der Waals surface area contributed by atoms with Gasteiger partial charge in [0, 0.05) is 19.1 Å². The summed E-state index contributed by atoms with van der Waals surface area (Å²) in [4.78, 5) is 0. The molecular formula is C9H21N3O2S. The molecule has 1 rings (SSSR count). The second-order valence-electron chi connectivity index (χ2n) is 3.84. The van der Waals surface area contributed by atoms with Crippen molar-refractivity contribution in [1.29, 1.82) is 0 Å². The highest BCUT2D eigenvalue weighted by atomic mass is 32.2. The molecule has 0 aliphatic carbocycles. The minimum Gasteiger partial charge on any atom is -0.330 e. The van der Waals surface area contributed by atoms with Crippen molar-refractivity contribution in [2.24, 2.45) is 5.73 Å². The van der Waals surface area contributed by atoms with Crippen LogP contribution in [-0.4, -0.2) is 38.4 Å². The second kappa shape index (κ2) is 5.79. The Morgan fingerprint density at radius 3 is 2.80 bits per heavy atom. The molecule has 0 bridgehead atoms. The Bertz CT molecular complexity index is 277. The van der Waals surface area contributed by atoms with Gasteiger partial charge >= 0.3 is 0 Å². The summed E-state index contributed by atoms with van der Waals surface area (Å²) in [6, 6.07) is 0.0906. The molecule has 3 N–H and O–H groups in total. The van der Waals surface area contributed by atoms with Crippen molar-refractivity contribution in [1.82, 2.24) is 9.03 Å². The summed E-state index contributed by atoms with van der Waals surface area (Å²) in [6.45, 7) is 3.40. The van der Waals surface area contributed by atoms with Crippen LogP contribution >= 0.6 is 0 Å². The SMILES string of the molecule is CCNS(=O)(=O)N1CCCCC1CCN. The monoisotopic (exact) mass is 235 g/mol. The molecule has 5 nitrogen and oxygen atoms in total. The third-order valence-electron chi connectivity index (χ3n) is 2.71. The maximum Gasteiger partial charge on any atom is 0.279 e. The number of piperidine rings is 1. The van der Waals surface area contributed by atoms with E-state index in [9.17, 15) is 8.42 Å². The maximum absolute atomic E-state index is 11.8. The molecule has 0 aromatic rings. The third kappa shape index (κ3) is 3.41. The van der Waals surface area contributed by atoms with Gasteiger partial charge in [-0.25, -0.2) is 4.72 Å². The van der Waals surface area contributed by atoms with E-state index in [4.69, 9.17) is 5.73 Å². The fourth-order valence-corrected chi connectivity index (χ4v) is 3.54. The van der Waals surface area contributed by atoms with Gasteiger partial charge in [0.25, 0.3) is 10.2 Å². The largest absolute Gasteiger partial charge is 0.330 e. The highest BCUT2D eigenvalue weighted by Crippen LogP contribution is 2.21. The molecule has 1 unspecified atom stereocenters. The van der Waals surface area contributed by atoms with Crippen LogP contribution in [0.3, 0.4) is 0 Å². The molecule has 6 heteroatoms. The summed E-state index contributed by atoms with van der Waals surface area (Å²) < 4.78 is 27.8. The Kier molecular flexibility index (Phi) is 4.98. The molecule has 0 aromatic heterocycles. The van der Waals surface area contributed by atoms with Crippen LogP contribution in [0.5, 0.6) is 0 Å². The van der Waals surface area contributed by atoms with E-state index in [1.807, 2.05) is 0 Å². The van der Waals surface area contributed by atoms with Gasteiger partial charge in [0.15, 0.2) is 0 Å². The van der Waals surface area contributed by atoms with Crippen molar-refractivity contribution in [3.8, 4) is 0 Å². The van der Waals surface area contributed by atoms with Crippen LogP contribution in [0.25, 0.3) is 0 Å².